The standard InChI is InChI=1S/C27H27ClN4O3/c1-16(2)25-29-12-11-23(31-25)20-9-10-22(28)24(14-20)32-18(4)30-26(17(3)27(32)33)35-15-19-7-6-8-21(13-19)34-5/h6-14,16H,15H2,1-5H3. The van der Waals surface area contributed by atoms with E-state index in [1.807, 2.05) is 56.3 Å². The fraction of sp³-hybridized carbons (Fsp3) is 0.259. The van der Waals surface area contributed by atoms with Crippen LogP contribution in [0, 0.1) is 13.8 Å². The molecule has 2 aromatic heterocycles. The largest absolute Gasteiger partial charge is 0.497 e. The van der Waals surface area contributed by atoms with E-state index in [0.717, 1.165) is 28.4 Å². The Bertz CT molecular complexity index is 1430. The van der Waals surface area contributed by atoms with E-state index in [9.17, 15) is 4.79 Å². The van der Waals surface area contributed by atoms with Crippen molar-refractivity contribution in [2.45, 2.75) is 40.2 Å². The van der Waals surface area contributed by atoms with E-state index in [1.165, 1.54) is 4.57 Å². The van der Waals surface area contributed by atoms with Crippen molar-refractivity contribution in [3.8, 4) is 28.6 Å². The zero-order chi connectivity index (χ0) is 25.1. The second kappa shape index (κ2) is 10.3. The Labute approximate surface area is 209 Å². The van der Waals surface area contributed by atoms with Crippen LogP contribution in [0.3, 0.4) is 0 Å². The van der Waals surface area contributed by atoms with Crippen LogP contribution in [0.5, 0.6) is 11.6 Å². The Morgan fingerprint density at radius 1 is 1.06 bits per heavy atom. The third kappa shape index (κ3) is 5.20. The van der Waals surface area contributed by atoms with Gasteiger partial charge >= 0.3 is 0 Å². The number of nitrogens with zero attached hydrogens (tertiary/aromatic N) is 4. The molecule has 0 atom stereocenters. The van der Waals surface area contributed by atoms with Crippen LogP contribution in [-0.4, -0.2) is 26.6 Å². The van der Waals surface area contributed by atoms with Gasteiger partial charge in [-0.1, -0.05) is 43.6 Å². The summed E-state index contributed by atoms with van der Waals surface area (Å²) in [6, 6.07) is 14.9. The Morgan fingerprint density at radius 3 is 2.60 bits per heavy atom. The number of aromatic nitrogens is 4. The lowest BCUT2D eigenvalue weighted by Gasteiger charge is -2.16. The lowest BCUT2D eigenvalue weighted by Crippen LogP contribution is -2.25. The number of aryl methyl sites for hydroxylation is 1. The average Bonchev–Trinajstić information content (AvgIpc) is 2.86. The maximum absolute atomic E-state index is 13.4. The van der Waals surface area contributed by atoms with Crippen molar-refractivity contribution in [3.63, 3.8) is 0 Å². The molecule has 0 aliphatic carbocycles. The van der Waals surface area contributed by atoms with Gasteiger partial charge in [-0.3, -0.25) is 9.36 Å². The van der Waals surface area contributed by atoms with E-state index >= 15 is 0 Å². The highest BCUT2D eigenvalue weighted by Gasteiger charge is 2.17. The first-order valence-corrected chi connectivity index (χ1v) is 11.7. The molecule has 8 heteroatoms. The molecule has 0 fully saturated rings. The molecule has 0 radical (unpaired) electrons. The average molecular weight is 491 g/mol. The summed E-state index contributed by atoms with van der Waals surface area (Å²) >= 11 is 6.54. The first-order valence-electron chi connectivity index (χ1n) is 11.3. The lowest BCUT2D eigenvalue weighted by molar-refractivity contribution is 0.288. The number of ether oxygens (including phenoxy) is 2. The van der Waals surface area contributed by atoms with E-state index in [1.54, 1.807) is 33.2 Å². The van der Waals surface area contributed by atoms with Crippen LogP contribution in [-0.2, 0) is 6.61 Å². The Balaban J connectivity index is 1.70. The summed E-state index contributed by atoms with van der Waals surface area (Å²) in [6.45, 7) is 7.80. The fourth-order valence-electron chi connectivity index (χ4n) is 3.68. The molecule has 0 bridgehead atoms. The zero-order valence-corrected chi connectivity index (χ0v) is 21.1. The minimum absolute atomic E-state index is 0.197. The monoisotopic (exact) mass is 490 g/mol. The van der Waals surface area contributed by atoms with Gasteiger partial charge in [0.1, 0.15) is 24.0 Å². The summed E-state index contributed by atoms with van der Waals surface area (Å²) < 4.78 is 12.7. The van der Waals surface area contributed by atoms with Gasteiger partial charge in [0.25, 0.3) is 5.56 Å². The second-order valence-corrected chi connectivity index (χ2v) is 8.90. The summed E-state index contributed by atoms with van der Waals surface area (Å²) in [6.07, 6.45) is 1.74. The molecule has 4 aromatic rings. The summed E-state index contributed by atoms with van der Waals surface area (Å²) in [7, 11) is 1.61. The predicted octanol–water partition coefficient (Wildman–Crippen LogP) is 5.67. The van der Waals surface area contributed by atoms with Gasteiger partial charge in [0.05, 0.1) is 29.1 Å². The molecule has 180 valence electrons. The summed E-state index contributed by atoms with van der Waals surface area (Å²) in [5, 5.41) is 0.434. The topological polar surface area (TPSA) is 79.1 Å². The van der Waals surface area contributed by atoms with Crippen molar-refractivity contribution in [1.29, 1.82) is 0 Å². The number of rotatable bonds is 7. The van der Waals surface area contributed by atoms with Gasteiger partial charge in [-0.05, 0) is 49.7 Å². The minimum atomic E-state index is -0.247. The minimum Gasteiger partial charge on any atom is -0.497 e. The summed E-state index contributed by atoms with van der Waals surface area (Å²) in [4.78, 5) is 27.0. The van der Waals surface area contributed by atoms with Crippen molar-refractivity contribution in [3.05, 3.63) is 92.9 Å². The SMILES string of the molecule is COc1cccc(COc2nc(C)n(-c3cc(-c4ccnc(C(C)C)n4)ccc3Cl)c(=O)c2C)c1. The van der Waals surface area contributed by atoms with E-state index in [4.69, 9.17) is 21.1 Å². The van der Waals surface area contributed by atoms with Crippen LogP contribution in [0.1, 0.15) is 42.5 Å². The van der Waals surface area contributed by atoms with Gasteiger partial charge < -0.3 is 9.47 Å². The van der Waals surface area contributed by atoms with Crippen molar-refractivity contribution in [1.82, 2.24) is 19.5 Å². The van der Waals surface area contributed by atoms with Crippen LogP contribution in [0.2, 0.25) is 5.02 Å². The van der Waals surface area contributed by atoms with Gasteiger partial charge in [-0.2, -0.15) is 4.98 Å². The van der Waals surface area contributed by atoms with Crippen molar-refractivity contribution >= 4 is 11.6 Å². The number of benzene rings is 2. The Hall–Kier alpha value is -3.71. The van der Waals surface area contributed by atoms with Crippen molar-refractivity contribution in [2.24, 2.45) is 0 Å². The molecule has 0 N–H and O–H groups in total. The molecule has 0 amide bonds. The third-order valence-electron chi connectivity index (χ3n) is 5.61. The Kier molecular flexibility index (Phi) is 7.17. The van der Waals surface area contributed by atoms with Crippen molar-refractivity contribution < 1.29 is 9.47 Å². The molecule has 4 rings (SSSR count). The van der Waals surface area contributed by atoms with Gasteiger partial charge in [-0.25, -0.2) is 9.97 Å². The molecule has 0 aliphatic rings. The molecular weight excluding hydrogens is 464 g/mol. The summed E-state index contributed by atoms with van der Waals surface area (Å²) in [5.74, 6) is 2.44. The lowest BCUT2D eigenvalue weighted by atomic mass is 10.1. The number of hydrogen-bond donors (Lipinski definition) is 0. The van der Waals surface area contributed by atoms with Crippen LogP contribution in [0.25, 0.3) is 16.9 Å². The normalized spacial score (nSPS) is 11.1. The molecule has 0 aliphatic heterocycles. The maximum Gasteiger partial charge on any atom is 0.264 e. The second-order valence-electron chi connectivity index (χ2n) is 8.49. The molecule has 0 saturated heterocycles. The molecule has 0 spiro atoms. The van der Waals surface area contributed by atoms with Gasteiger partial charge in [-0.15, -0.1) is 0 Å². The quantitative estimate of drug-likeness (QED) is 0.332. The maximum atomic E-state index is 13.4. The molecular formula is C27H27ClN4O3. The molecule has 0 saturated carbocycles. The first-order chi connectivity index (χ1) is 16.8. The van der Waals surface area contributed by atoms with Crippen LogP contribution in [0.15, 0.2) is 59.5 Å². The molecule has 2 heterocycles. The first kappa shape index (κ1) is 24.4. The predicted molar refractivity (Wildman–Crippen MR) is 137 cm³/mol. The smallest absolute Gasteiger partial charge is 0.264 e. The number of halogens is 1. The van der Waals surface area contributed by atoms with Gasteiger partial charge in [0, 0.05) is 17.7 Å². The van der Waals surface area contributed by atoms with E-state index < -0.39 is 0 Å². The fourth-order valence-corrected chi connectivity index (χ4v) is 3.88. The van der Waals surface area contributed by atoms with Gasteiger partial charge in [0.15, 0.2) is 0 Å². The van der Waals surface area contributed by atoms with Crippen LogP contribution >= 0.6 is 11.6 Å². The Morgan fingerprint density at radius 2 is 1.86 bits per heavy atom. The number of methoxy groups -OCH3 is 1. The van der Waals surface area contributed by atoms with E-state index in [2.05, 4.69) is 15.0 Å². The summed E-state index contributed by atoms with van der Waals surface area (Å²) in [5.41, 5.74) is 3.18. The highest BCUT2D eigenvalue weighted by atomic mass is 35.5. The highest BCUT2D eigenvalue weighted by Crippen LogP contribution is 2.28. The zero-order valence-electron chi connectivity index (χ0n) is 20.4. The van der Waals surface area contributed by atoms with E-state index in [0.29, 0.717) is 22.1 Å². The van der Waals surface area contributed by atoms with E-state index in [-0.39, 0.29) is 24.0 Å². The van der Waals surface area contributed by atoms with Gasteiger partial charge in [0.2, 0.25) is 5.88 Å². The highest BCUT2D eigenvalue weighted by molar-refractivity contribution is 6.32. The molecule has 35 heavy (non-hydrogen) atoms. The van der Waals surface area contributed by atoms with Crippen LogP contribution < -0.4 is 15.0 Å². The molecule has 7 nitrogen and oxygen atoms in total. The molecule has 2 aromatic carbocycles. The molecule has 0 unspecified atom stereocenters. The third-order valence-corrected chi connectivity index (χ3v) is 5.93. The van der Waals surface area contributed by atoms with Crippen molar-refractivity contribution in [2.75, 3.05) is 7.11 Å². The number of hydrogen-bond acceptors (Lipinski definition) is 6. The van der Waals surface area contributed by atoms with Crippen LogP contribution in [0.4, 0.5) is 0 Å².